The lowest BCUT2D eigenvalue weighted by Crippen LogP contribution is -2.39. The number of anilines is 1. The van der Waals surface area contributed by atoms with E-state index in [0.717, 1.165) is 45.0 Å². The van der Waals surface area contributed by atoms with Crippen LogP contribution in [0.3, 0.4) is 0 Å². The Morgan fingerprint density at radius 2 is 1.88 bits per heavy atom. The molecule has 1 aromatic carbocycles. The van der Waals surface area contributed by atoms with Crippen molar-refractivity contribution in [1.82, 2.24) is 20.4 Å². The summed E-state index contributed by atoms with van der Waals surface area (Å²) in [5, 5.41) is 10.9. The summed E-state index contributed by atoms with van der Waals surface area (Å²) >= 11 is 0. The summed E-state index contributed by atoms with van der Waals surface area (Å²) in [6.45, 7) is 3.70. The smallest absolute Gasteiger partial charge is 0.190 e. The third kappa shape index (κ3) is 6.32. The van der Waals surface area contributed by atoms with E-state index < -0.39 is 0 Å². The van der Waals surface area contributed by atoms with Crippen LogP contribution in [-0.4, -0.2) is 49.5 Å². The van der Waals surface area contributed by atoms with Crippen LogP contribution in [0.4, 0.5) is 5.69 Å². The normalized spacial score (nSPS) is 11.3. The first-order valence-corrected chi connectivity index (χ1v) is 8.47. The van der Waals surface area contributed by atoms with Crippen LogP contribution < -0.4 is 15.5 Å². The molecule has 0 bridgehead atoms. The first kappa shape index (κ1) is 17.8. The van der Waals surface area contributed by atoms with Crippen LogP contribution in [0.2, 0.25) is 0 Å². The molecule has 1 heterocycles. The number of guanidine groups is 1. The van der Waals surface area contributed by atoms with Gasteiger partial charge in [0.05, 0.1) is 0 Å². The van der Waals surface area contributed by atoms with Crippen LogP contribution in [-0.2, 0) is 6.54 Å². The highest BCUT2D eigenvalue weighted by atomic mass is 15.3. The predicted octanol–water partition coefficient (Wildman–Crippen LogP) is 1.96. The lowest BCUT2D eigenvalue weighted by Gasteiger charge is -2.19. The van der Waals surface area contributed by atoms with Crippen LogP contribution in [0.25, 0.3) is 0 Å². The minimum Gasteiger partial charge on any atom is -0.375 e. The summed E-state index contributed by atoms with van der Waals surface area (Å²) in [7, 11) is 3.93. The molecule has 130 valence electrons. The Labute approximate surface area is 144 Å². The van der Waals surface area contributed by atoms with Gasteiger partial charge in [-0.3, -0.25) is 9.67 Å². The average molecular weight is 328 g/mol. The zero-order valence-corrected chi connectivity index (χ0v) is 14.7. The number of aryl methyl sites for hydroxylation is 1. The second-order valence-electron chi connectivity index (χ2n) is 5.66. The van der Waals surface area contributed by atoms with Gasteiger partial charge in [-0.1, -0.05) is 18.2 Å². The molecule has 24 heavy (non-hydrogen) atoms. The number of aliphatic imine (C=N–C) groups is 1. The number of hydrogen-bond acceptors (Lipinski definition) is 3. The Kier molecular flexibility index (Phi) is 7.67. The van der Waals surface area contributed by atoms with Crippen molar-refractivity contribution >= 4 is 11.6 Å². The van der Waals surface area contributed by atoms with Gasteiger partial charge in [-0.15, -0.1) is 0 Å². The first-order chi connectivity index (χ1) is 11.8. The quantitative estimate of drug-likeness (QED) is 0.420. The zero-order valence-electron chi connectivity index (χ0n) is 14.7. The lowest BCUT2D eigenvalue weighted by molar-refractivity contribution is 0.570. The molecule has 6 nitrogen and oxygen atoms in total. The summed E-state index contributed by atoms with van der Waals surface area (Å²) in [5.74, 6) is 0.859. The molecule has 0 fully saturated rings. The van der Waals surface area contributed by atoms with E-state index in [0.29, 0.717) is 0 Å². The van der Waals surface area contributed by atoms with Crippen LogP contribution in [0.15, 0.2) is 53.8 Å². The van der Waals surface area contributed by atoms with Gasteiger partial charge in [0.25, 0.3) is 0 Å². The Morgan fingerprint density at radius 1 is 1.12 bits per heavy atom. The Balaban J connectivity index is 1.56. The number of hydrogen-bond donors (Lipinski definition) is 2. The van der Waals surface area contributed by atoms with Gasteiger partial charge >= 0.3 is 0 Å². The third-order valence-electron chi connectivity index (χ3n) is 3.80. The van der Waals surface area contributed by atoms with Gasteiger partial charge < -0.3 is 15.5 Å². The van der Waals surface area contributed by atoms with E-state index >= 15 is 0 Å². The van der Waals surface area contributed by atoms with Gasteiger partial charge in [0.1, 0.15) is 0 Å². The van der Waals surface area contributed by atoms with E-state index in [1.807, 2.05) is 23.0 Å². The maximum Gasteiger partial charge on any atom is 0.190 e. The molecule has 1 aromatic heterocycles. The molecule has 0 saturated carbocycles. The molecule has 0 aliphatic rings. The predicted molar refractivity (Wildman–Crippen MR) is 101 cm³/mol. The fourth-order valence-electron chi connectivity index (χ4n) is 2.44. The van der Waals surface area contributed by atoms with E-state index in [4.69, 9.17) is 0 Å². The molecule has 0 amide bonds. The van der Waals surface area contributed by atoms with Crippen molar-refractivity contribution in [2.75, 3.05) is 38.6 Å². The molecular weight excluding hydrogens is 300 g/mol. The zero-order chi connectivity index (χ0) is 17.0. The largest absolute Gasteiger partial charge is 0.375 e. The molecule has 6 heteroatoms. The van der Waals surface area contributed by atoms with Crippen molar-refractivity contribution in [2.24, 2.45) is 4.99 Å². The van der Waals surface area contributed by atoms with Crippen molar-refractivity contribution in [3.05, 3.63) is 48.8 Å². The first-order valence-electron chi connectivity index (χ1n) is 8.47. The number of para-hydroxylation sites is 1. The van der Waals surface area contributed by atoms with Crippen LogP contribution in [0, 0.1) is 0 Å². The maximum atomic E-state index is 4.26. The summed E-state index contributed by atoms with van der Waals surface area (Å²) in [5.41, 5.74) is 1.25. The van der Waals surface area contributed by atoms with Gasteiger partial charge in [0.15, 0.2) is 5.96 Å². The summed E-state index contributed by atoms with van der Waals surface area (Å²) < 4.78 is 1.94. The highest BCUT2D eigenvalue weighted by molar-refractivity contribution is 5.79. The lowest BCUT2D eigenvalue weighted by atomic mass is 10.3. The summed E-state index contributed by atoms with van der Waals surface area (Å²) in [4.78, 5) is 6.52. The molecule has 0 saturated heterocycles. The van der Waals surface area contributed by atoms with Gasteiger partial charge in [0.2, 0.25) is 0 Å². The fraction of sp³-hybridized carbons (Fsp3) is 0.444. The van der Waals surface area contributed by atoms with Crippen molar-refractivity contribution in [2.45, 2.75) is 19.4 Å². The maximum absolute atomic E-state index is 4.26. The molecule has 2 rings (SSSR count). The van der Waals surface area contributed by atoms with E-state index in [1.165, 1.54) is 5.69 Å². The van der Waals surface area contributed by atoms with E-state index in [2.05, 4.69) is 56.9 Å². The van der Waals surface area contributed by atoms with Gasteiger partial charge in [-0.2, -0.15) is 5.10 Å². The Hall–Kier alpha value is -2.50. The molecule has 0 spiro atoms. The van der Waals surface area contributed by atoms with Crippen molar-refractivity contribution < 1.29 is 0 Å². The fourth-order valence-corrected chi connectivity index (χ4v) is 2.44. The number of benzene rings is 1. The van der Waals surface area contributed by atoms with Gasteiger partial charge in [-0.25, -0.2) is 0 Å². The van der Waals surface area contributed by atoms with Crippen molar-refractivity contribution in [1.29, 1.82) is 0 Å². The van der Waals surface area contributed by atoms with Gasteiger partial charge in [0, 0.05) is 58.4 Å². The monoisotopic (exact) mass is 328 g/mol. The van der Waals surface area contributed by atoms with E-state index in [9.17, 15) is 0 Å². The number of nitrogens with one attached hydrogen (secondary N) is 2. The molecular formula is C18H28N6. The molecule has 0 aliphatic carbocycles. The van der Waals surface area contributed by atoms with Crippen LogP contribution >= 0.6 is 0 Å². The minimum absolute atomic E-state index is 0.859. The highest BCUT2D eigenvalue weighted by Gasteiger charge is 2.01. The second-order valence-corrected chi connectivity index (χ2v) is 5.66. The Bertz CT molecular complexity index is 579. The number of nitrogens with zero attached hydrogens (tertiary/aromatic N) is 4. The number of aromatic nitrogens is 2. The van der Waals surface area contributed by atoms with Crippen molar-refractivity contribution in [3.8, 4) is 0 Å². The van der Waals surface area contributed by atoms with Crippen LogP contribution in [0.5, 0.6) is 0 Å². The average Bonchev–Trinajstić information content (AvgIpc) is 3.14. The van der Waals surface area contributed by atoms with E-state index in [1.54, 1.807) is 13.2 Å². The van der Waals surface area contributed by atoms with E-state index in [-0.39, 0.29) is 0 Å². The summed E-state index contributed by atoms with van der Waals surface area (Å²) in [6, 6.07) is 12.4. The second kappa shape index (κ2) is 10.3. The highest BCUT2D eigenvalue weighted by Crippen LogP contribution is 2.10. The topological polar surface area (TPSA) is 57.5 Å². The Morgan fingerprint density at radius 3 is 2.54 bits per heavy atom. The van der Waals surface area contributed by atoms with Gasteiger partial charge in [-0.05, 0) is 31.0 Å². The standard InChI is InChI=1S/C18H28N6/c1-19-18(21-12-7-15-24-16-8-13-22-24)20-11-6-14-23(2)17-9-4-3-5-10-17/h3-5,8-10,13,16H,6-7,11-12,14-15H2,1-2H3,(H2,19,20,21). The third-order valence-corrected chi connectivity index (χ3v) is 3.80. The molecule has 0 unspecified atom stereocenters. The number of rotatable bonds is 9. The molecule has 2 N–H and O–H groups in total. The molecule has 2 aromatic rings. The molecule has 0 radical (unpaired) electrons. The van der Waals surface area contributed by atoms with Crippen molar-refractivity contribution in [3.63, 3.8) is 0 Å². The summed E-state index contributed by atoms with van der Waals surface area (Å²) in [6.07, 6.45) is 5.86. The SMILES string of the molecule is CN=C(NCCCN(C)c1ccccc1)NCCCn1cccn1. The van der Waals surface area contributed by atoms with Crippen LogP contribution in [0.1, 0.15) is 12.8 Å². The molecule has 0 atom stereocenters. The minimum atomic E-state index is 0.859. The molecule has 0 aliphatic heterocycles.